The van der Waals surface area contributed by atoms with Gasteiger partial charge >= 0.3 is 11.9 Å². The van der Waals surface area contributed by atoms with Crippen LogP contribution in [0.15, 0.2) is 71.6 Å². The molecule has 0 unspecified atom stereocenters. The van der Waals surface area contributed by atoms with Gasteiger partial charge in [0, 0.05) is 5.69 Å². The van der Waals surface area contributed by atoms with Crippen molar-refractivity contribution >= 4 is 39.2 Å². The molecule has 3 aromatic carbocycles. The molecule has 10 heteroatoms. The molecule has 0 aliphatic carbocycles. The second-order valence-electron chi connectivity index (χ2n) is 7.92. The normalized spacial score (nSPS) is 10.9. The summed E-state index contributed by atoms with van der Waals surface area (Å²) in [4.78, 5) is 37.2. The van der Waals surface area contributed by atoms with E-state index in [0.29, 0.717) is 5.69 Å². The summed E-state index contributed by atoms with van der Waals surface area (Å²) in [6.07, 6.45) is 0. The summed E-state index contributed by atoms with van der Waals surface area (Å²) in [7, 11) is -1.73. The maximum atomic E-state index is 13.5. The molecule has 0 spiro atoms. The number of carbonyl (C=O) groups is 3. The number of amides is 1. The van der Waals surface area contributed by atoms with Crippen LogP contribution in [0.2, 0.25) is 0 Å². The number of hydrogen-bond donors (Lipinski definition) is 1. The van der Waals surface area contributed by atoms with E-state index in [4.69, 9.17) is 9.47 Å². The predicted molar refractivity (Wildman–Crippen MR) is 135 cm³/mol. The summed E-state index contributed by atoms with van der Waals surface area (Å²) in [5, 5.41) is 2.57. The number of anilines is 2. The van der Waals surface area contributed by atoms with Gasteiger partial charge in [0.2, 0.25) is 5.91 Å². The van der Waals surface area contributed by atoms with Crippen LogP contribution in [-0.2, 0) is 24.3 Å². The van der Waals surface area contributed by atoms with Crippen LogP contribution in [0.5, 0.6) is 0 Å². The van der Waals surface area contributed by atoms with Crippen LogP contribution < -0.4 is 9.62 Å². The minimum Gasteiger partial charge on any atom is -0.465 e. The van der Waals surface area contributed by atoms with Gasteiger partial charge in [0.25, 0.3) is 10.0 Å². The van der Waals surface area contributed by atoms with Crippen molar-refractivity contribution in [2.75, 3.05) is 30.4 Å². The van der Waals surface area contributed by atoms with E-state index in [2.05, 4.69) is 5.32 Å². The molecule has 188 valence electrons. The number of hydrogen-bond acceptors (Lipinski definition) is 7. The lowest BCUT2D eigenvalue weighted by Gasteiger charge is -2.25. The Kier molecular flexibility index (Phi) is 8.11. The Morgan fingerprint density at radius 3 is 1.92 bits per heavy atom. The Morgan fingerprint density at radius 1 is 0.806 bits per heavy atom. The van der Waals surface area contributed by atoms with Gasteiger partial charge in [0.15, 0.2) is 0 Å². The van der Waals surface area contributed by atoms with Crippen LogP contribution in [0.1, 0.15) is 31.8 Å². The molecule has 0 bridgehead atoms. The van der Waals surface area contributed by atoms with Gasteiger partial charge in [-0.25, -0.2) is 18.0 Å². The van der Waals surface area contributed by atoms with Gasteiger partial charge < -0.3 is 14.8 Å². The minimum atomic E-state index is -4.10. The van der Waals surface area contributed by atoms with Crippen molar-refractivity contribution in [2.24, 2.45) is 0 Å². The van der Waals surface area contributed by atoms with E-state index in [9.17, 15) is 22.8 Å². The molecule has 3 rings (SSSR count). The molecule has 1 N–H and O–H groups in total. The zero-order valence-corrected chi connectivity index (χ0v) is 21.1. The van der Waals surface area contributed by atoms with Crippen molar-refractivity contribution < 1.29 is 32.3 Å². The molecule has 0 saturated heterocycles. The minimum absolute atomic E-state index is 0.0126. The van der Waals surface area contributed by atoms with Crippen LogP contribution in [0.25, 0.3) is 0 Å². The van der Waals surface area contributed by atoms with Gasteiger partial charge in [-0.2, -0.15) is 0 Å². The molecular formula is C26H26N2O7S. The highest BCUT2D eigenvalue weighted by Gasteiger charge is 2.27. The summed E-state index contributed by atoms with van der Waals surface area (Å²) < 4.78 is 37.4. The highest BCUT2D eigenvalue weighted by atomic mass is 32.2. The van der Waals surface area contributed by atoms with Gasteiger partial charge in [0.05, 0.1) is 35.9 Å². The number of methoxy groups -OCH3 is 2. The molecule has 0 heterocycles. The van der Waals surface area contributed by atoms with Crippen molar-refractivity contribution in [1.29, 1.82) is 0 Å². The summed E-state index contributed by atoms with van der Waals surface area (Å²) in [6, 6.07) is 16.8. The van der Waals surface area contributed by atoms with E-state index in [0.717, 1.165) is 15.4 Å². The molecule has 0 radical (unpaired) electrons. The summed E-state index contributed by atoms with van der Waals surface area (Å²) in [5.41, 5.74) is 2.26. The van der Waals surface area contributed by atoms with Crippen LogP contribution in [0.4, 0.5) is 11.4 Å². The molecule has 0 aliphatic rings. The molecular weight excluding hydrogens is 484 g/mol. The van der Waals surface area contributed by atoms with Crippen molar-refractivity contribution in [1.82, 2.24) is 0 Å². The van der Waals surface area contributed by atoms with Crippen molar-refractivity contribution in [3.8, 4) is 0 Å². The Balaban J connectivity index is 1.99. The van der Waals surface area contributed by atoms with Gasteiger partial charge in [-0.15, -0.1) is 0 Å². The molecule has 0 aliphatic heterocycles. The average molecular weight is 511 g/mol. The maximum absolute atomic E-state index is 13.5. The van der Waals surface area contributed by atoms with Crippen molar-refractivity contribution in [3.05, 3.63) is 89.0 Å². The fraction of sp³-hybridized carbons (Fsp3) is 0.192. The number of esters is 2. The quantitative estimate of drug-likeness (QED) is 0.459. The third kappa shape index (κ3) is 5.89. The number of nitrogens with zero attached hydrogens (tertiary/aromatic N) is 1. The molecule has 0 atom stereocenters. The fourth-order valence-electron chi connectivity index (χ4n) is 3.42. The highest BCUT2D eigenvalue weighted by Crippen LogP contribution is 2.26. The second kappa shape index (κ2) is 11.0. The van der Waals surface area contributed by atoms with Crippen LogP contribution in [0, 0.1) is 13.8 Å². The van der Waals surface area contributed by atoms with E-state index in [1.165, 1.54) is 44.6 Å². The van der Waals surface area contributed by atoms with Crippen molar-refractivity contribution in [3.63, 3.8) is 0 Å². The average Bonchev–Trinajstić information content (AvgIpc) is 2.88. The van der Waals surface area contributed by atoms with Crippen LogP contribution in [0.3, 0.4) is 0 Å². The fourth-order valence-corrected chi connectivity index (χ4v) is 4.85. The van der Waals surface area contributed by atoms with Gasteiger partial charge in [-0.1, -0.05) is 24.3 Å². The van der Waals surface area contributed by atoms with E-state index in [-0.39, 0.29) is 21.7 Å². The largest absolute Gasteiger partial charge is 0.465 e. The first kappa shape index (κ1) is 26.4. The Morgan fingerprint density at radius 2 is 1.39 bits per heavy atom. The predicted octanol–water partition coefficient (Wildman–Crippen LogP) is 3.71. The summed E-state index contributed by atoms with van der Waals surface area (Å²) in [5.74, 6) is -2.13. The molecule has 9 nitrogen and oxygen atoms in total. The van der Waals surface area contributed by atoms with Crippen LogP contribution >= 0.6 is 0 Å². The lowest BCUT2D eigenvalue weighted by atomic mass is 10.1. The zero-order valence-electron chi connectivity index (χ0n) is 20.3. The zero-order chi connectivity index (χ0) is 26.5. The van der Waals surface area contributed by atoms with Crippen LogP contribution in [-0.4, -0.2) is 47.0 Å². The number of aryl methyl sites for hydroxylation is 2. The highest BCUT2D eigenvalue weighted by molar-refractivity contribution is 7.92. The number of nitrogens with one attached hydrogen (secondary N) is 1. The van der Waals surface area contributed by atoms with Gasteiger partial charge in [0.1, 0.15) is 6.54 Å². The number of carbonyl (C=O) groups excluding carboxylic acids is 3. The van der Waals surface area contributed by atoms with E-state index in [1.54, 1.807) is 36.4 Å². The smallest absolute Gasteiger partial charge is 0.337 e. The maximum Gasteiger partial charge on any atom is 0.337 e. The number of benzene rings is 3. The second-order valence-corrected chi connectivity index (χ2v) is 9.79. The summed E-state index contributed by atoms with van der Waals surface area (Å²) in [6.45, 7) is 3.18. The Bertz CT molecular complexity index is 1370. The third-order valence-corrected chi connectivity index (χ3v) is 7.24. The Hall–Kier alpha value is -4.18. The van der Waals surface area contributed by atoms with Gasteiger partial charge in [-0.05, 0) is 67.4 Å². The standard InChI is InChI=1S/C26H26N2O7S/c1-17-10-11-22(12-18(17)2)28(36(32,33)23-8-6-5-7-9-23)16-24(29)27-21-14-19(25(30)34-3)13-20(15-21)26(31)35-4/h5-15H,16H2,1-4H3,(H,27,29). The molecule has 0 saturated carbocycles. The summed E-state index contributed by atoms with van der Waals surface area (Å²) >= 11 is 0. The monoisotopic (exact) mass is 510 g/mol. The molecule has 1 amide bonds. The SMILES string of the molecule is COC(=O)c1cc(NC(=O)CN(c2ccc(C)c(C)c2)S(=O)(=O)c2ccccc2)cc(C(=O)OC)c1. The topological polar surface area (TPSA) is 119 Å². The molecule has 0 aromatic heterocycles. The Labute approximate surface area is 209 Å². The first-order valence-corrected chi connectivity index (χ1v) is 12.3. The first-order valence-electron chi connectivity index (χ1n) is 10.8. The lowest BCUT2D eigenvalue weighted by Crippen LogP contribution is -2.38. The molecule has 0 fully saturated rings. The van der Waals surface area contributed by atoms with E-state index >= 15 is 0 Å². The molecule has 36 heavy (non-hydrogen) atoms. The van der Waals surface area contributed by atoms with Crippen molar-refractivity contribution in [2.45, 2.75) is 18.7 Å². The third-order valence-electron chi connectivity index (χ3n) is 5.46. The number of rotatable bonds is 8. The van der Waals surface area contributed by atoms with E-state index in [1.807, 2.05) is 13.8 Å². The molecule has 3 aromatic rings. The first-order chi connectivity index (χ1) is 17.1. The number of sulfonamides is 1. The number of ether oxygens (including phenoxy) is 2. The van der Waals surface area contributed by atoms with E-state index < -0.39 is 34.4 Å². The van der Waals surface area contributed by atoms with Gasteiger partial charge in [-0.3, -0.25) is 9.10 Å². The lowest BCUT2D eigenvalue weighted by molar-refractivity contribution is -0.114.